The fraction of sp³-hybridized carbons (Fsp3) is 0.571. The molecule has 0 aliphatic heterocycles. The number of carboxylic acids is 3. The number of carboxylic acid groups (broad SMARTS) is 3. The van der Waals surface area contributed by atoms with Crippen molar-refractivity contribution in [1.29, 1.82) is 0 Å². The molecule has 0 aliphatic rings. The lowest BCUT2D eigenvalue weighted by atomic mass is 10.1. The molecule has 2 N–H and O–H groups in total. The van der Waals surface area contributed by atoms with E-state index in [1.165, 1.54) is 0 Å². The number of carbonyl (C=O) groups excluding carboxylic acids is 3. The Morgan fingerprint density at radius 2 is 1.53 bits per heavy atom. The summed E-state index contributed by atoms with van der Waals surface area (Å²) in [4.78, 5) is 30.7. The van der Waals surface area contributed by atoms with Crippen molar-refractivity contribution in [2.24, 2.45) is 0 Å². The van der Waals surface area contributed by atoms with Gasteiger partial charge in [-0.05, 0) is 6.92 Å². The van der Waals surface area contributed by atoms with Gasteiger partial charge in [0, 0.05) is 6.04 Å². The van der Waals surface area contributed by atoms with Gasteiger partial charge in [0.1, 0.15) is 6.10 Å². The van der Waals surface area contributed by atoms with Crippen LogP contribution in [0.4, 0.5) is 0 Å². The number of hydrogen-bond donors (Lipinski definition) is 2. The van der Waals surface area contributed by atoms with Gasteiger partial charge in [-0.1, -0.05) is 0 Å². The summed E-state index contributed by atoms with van der Waals surface area (Å²) in [5.74, 6) is -5.66. The van der Waals surface area contributed by atoms with E-state index in [1.54, 1.807) is 5.32 Å². The average Bonchev–Trinajstić information content (AvgIpc) is 2.11. The summed E-state index contributed by atoms with van der Waals surface area (Å²) in [5, 5.41) is 41.4. The topological polar surface area (TPSA) is 153 Å². The summed E-state index contributed by atoms with van der Waals surface area (Å²) < 4.78 is 0. The summed E-state index contributed by atoms with van der Waals surface area (Å²) >= 11 is 0. The summed E-state index contributed by atoms with van der Waals surface area (Å²) in [6.07, 6.45) is -2.41. The molecule has 0 aromatic carbocycles. The van der Waals surface area contributed by atoms with E-state index in [4.69, 9.17) is 5.11 Å². The van der Waals surface area contributed by atoms with Gasteiger partial charge in [-0.25, -0.2) is 0 Å². The molecule has 3 atom stereocenters. The highest BCUT2D eigenvalue weighted by atomic mass is 16.4. The van der Waals surface area contributed by atoms with Crippen molar-refractivity contribution in [3.8, 4) is 0 Å². The summed E-state index contributed by atoms with van der Waals surface area (Å²) in [6.45, 7) is 1.02. The Labute approximate surface area is 84.1 Å². The highest BCUT2D eigenvalue weighted by molar-refractivity contribution is 5.83. The van der Waals surface area contributed by atoms with Crippen molar-refractivity contribution in [3.63, 3.8) is 0 Å². The van der Waals surface area contributed by atoms with E-state index in [9.17, 15) is 29.7 Å². The van der Waals surface area contributed by atoms with E-state index in [-0.39, 0.29) is 0 Å². The lowest BCUT2D eigenvalue weighted by Gasteiger charge is -2.28. The van der Waals surface area contributed by atoms with Crippen LogP contribution in [0.1, 0.15) is 6.92 Å². The van der Waals surface area contributed by atoms with Gasteiger partial charge in [0.15, 0.2) is 0 Å². The molecule has 0 spiro atoms. The molecule has 0 amide bonds. The van der Waals surface area contributed by atoms with Gasteiger partial charge in [-0.2, -0.15) is 0 Å². The second-order valence-corrected chi connectivity index (χ2v) is 2.77. The van der Waals surface area contributed by atoms with Crippen LogP contribution in [0.2, 0.25) is 0 Å². The van der Waals surface area contributed by atoms with Gasteiger partial charge < -0.3 is 34.8 Å². The molecule has 0 bridgehead atoms. The first-order valence-corrected chi connectivity index (χ1v) is 3.84. The van der Waals surface area contributed by atoms with Crippen molar-refractivity contribution in [3.05, 3.63) is 0 Å². The average molecular weight is 218 g/mol. The van der Waals surface area contributed by atoms with E-state index >= 15 is 0 Å². The van der Waals surface area contributed by atoms with Gasteiger partial charge in [0.05, 0.1) is 23.9 Å². The summed E-state index contributed by atoms with van der Waals surface area (Å²) in [6, 6.07) is -3.54. The molecule has 0 heterocycles. The molecule has 0 aromatic rings. The zero-order valence-corrected chi connectivity index (χ0v) is 7.63. The Balaban J connectivity index is 4.62. The third-order valence-corrected chi connectivity index (χ3v) is 1.59. The first-order chi connectivity index (χ1) is 6.77. The van der Waals surface area contributed by atoms with Crippen LogP contribution in [0, 0.1) is 0 Å². The molecular formula is C7H8NO7-3. The minimum absolute atomic E-state index is 1.02. The molecule has 0 saturated carbocycles. The van der Waals surface area contributed by atoms with Crippen LogP contribution in [0.5, 0.6) is 0 Å². The van der Waals surface area contributed by atoms with Crippen LogP contribution >= 0.6 is 0 Å². The molecule has 0 saturated heterocycles. The van der Waals surface area contributed by atoms with Crippen LogP contribution in [-0.4, -0.2) is 41.2 Å². The van der Waals surface area contributed by atoms with Gasteiger partial charge in [-0.3, -0.25) is 5.32 Å². The van der Waals surface area contributed by atoms with Crippen LogP contribution in [0.3, 0.4) is 0 Å². The maximum absolute atomic E-state index is 10.4. The minimum atomic E-state index is -2.41. The van der Waals surface area contributed by atoms with Crippen LogP contribution in [0.15, 0.2) is 0 Å². The molecule has 8 nitrogen and oxygen atoms in total. The van der Waals surface area contributed by atoms with Crippen LogP contribution in [-0.2, 0) is 14.4 Å². The van der Waals surface area contributed by atoms with Gasteiger partial charge >= 0.3 is 0 Å². The first-order valence-electron chi connectivity index (χ1n) is 3.84. The highest BCUT2D eigenvalue weighted by Crippen LogP contribution is 1.94. The Morgan fingerprint density at radius 3 is 1.80 bits per heavy atom. The van der Waals surface area contributed by atoms with Crippen LogP contribution < -0.4 is 20.6 Å². The zero-order valence-electron chi connectivity index (χ0n) is 7.63. The molecule has 0 fully saturated rings. The minimum Gasteiger partial charge on any atom is -0.548 e. The summed E-state index contributed by atoms with van der Waals surface area (Å²) in [7, 11) is 0. The molecule has 86 valence electrons. The predicted molar refractivity (Wildman–Crippen MR) is 37.4 cm³/mol. The number of hydrogen-bond acceptors (Lipinski definition) is 8. The largest absolute Gasteiger partial charge is 0.548 e. The van der Waals surface area contributed by atoms with Gasteiger partial charge in [0.25, 0.3) is 0 Å². The SMILES string of the molecule is CC(NC(C(=O)[O-])C(O)C(=O)[O-])C(=O)[O-]. The number of carbonyl (C=O) groups is 3. The normalized spacial score (nSPS) is 16.4. The highest BCUT2D eigenvalue weighted by Gasteiger charge is 2.23. The third kappa shape index (κ3) is 3.92. The first kappa shape index (κ1) is 13.3. The molecule has 15 heavy (non-hydrogen) atoms. The molecule has 8 heteroatoms. The van der Waals surface area contributed by atoms with E-state index < -0.39 is 36.1 Å². The quantitative estimate of drug-likeness (QED) is 0.446. The van der Waals surface area contributed by atoms with Crippen molar-refractivity contribution in [2.45, 2.75) is 25.1 Å². The van der Waals surface area contributed by atoms with Gasteiger partial charge in [-0.15, -0.1) is 0 Å². The molecular weight excluding hydrogens is 210 g/mol. The molecule has 3 unspecified atom stereocenters. The van der Waals surface area contributed by atoms with Crippen LogP contribution in [0.25, 0.3) is 0 Å². The Morgan fingerprint density at radius 1 is 1.07 bits per heavy atom. The zero-order chi connectivity index (χ0) is 12.2. The number of aliphatic hydroxyl groups excluding tert-OH is 1. The molecule has 0 radical (unpaired) electrons. The second kappa shape index (κ2) is 5.27. The fourth-order valence-electron chi connectivity index (χ4n) is 0.762. The number of aliphatic carboxylic acids is 3. The maximum Gasteiger partial charge on any atom is 0.114 e. The maximum atomic E-state index is 10.4. The predicted octanol–water partition coefficient (Wildman–Crippen LogP) is -6.06. The standard InChI is InChI=1S/C7H11NO7/c1-2(5(10)11)8-3(6(12)13)4(9)7(14)15/h2-4,8-9H,1H3,(H,10,11)(H,12,13)(H,14,15)/p-3. The fourth-order valence-corrected chi connectivity index (χ4v) is 0.762. The third-order valence-electron chi connectivity index (χ3n) is 1.59. The van der Waals surface area contributed by atoms with E-state index in [0.717, 1.165) is 6.92 Å². The van der Waals surface area contributed by atoms with E-state index in [1.807, 2.05) is 0 Å². The Bertz CT molecular complexity index is 277. The second-order valence-electron chi connectivity index (χ2n) is 2.77. The van der Waals surface area contributed by atoms with Gasteiger partial charge in [0.2, 0.25) is 0 Å². The monoisotopic (exact) mass is 218 g/mol. The summed E-state index contributed by atoms with van der Waals surface area (Å²) in [5.41, 5.74) is 0. The van der Waals surface area contributed by atoms with E-state index in [0.29, 0.717) is 0 Å². The van der Waals surface area contributed by atoms with Crippen molar-refractivity contribution in [1.82, 2.24) is 5.32 Å². The molecule has 0 aromatic heterocycles. The smallest absolute Gasteiger partial charge is 0.114 e. The van der Waals surface area contributed by atoms with Crippen molar-refractivity contribution in [2.75, 3.05) is 0 Å². The van der Waals surface area contributed by atoms with E-state index in [2.05, 4.69) is 0 Å². The lowest BCUT2D eigenvalue weighted by Crippen LogP contribution is -2.61. The Kier molecular flexibility index (Phi) is 4.68. The number of aliphatic hydroxyl groups is 1. The Hall–Kier alpha value is -1.67. The van der Waals surface area contributed by atoms with Crippen molar-refractivity contribution < 1.29 is 34.8 Å². The molecule has 0 rings (SSSR count). The lowest BCUT2D eigenvalue weighted by molar-refractivity contribution is -0.327. The molecule has 0 aliphatic carbocycles. The number of nitrogens with one attached hydrogen (secondary N) is 1. The van der Waals surface area contributed by atoms with Crippen molar-refractivity contribution >= 4 is 17.9 Å². The number of rotatable bonds is 6.